The Labute approximate surface area is 742 Å². The van der Waals surface area contributed by atoms with Crippen LogP contribution in [0.15, 0.2) is 153 Å². The van der Waals surface area contributed by atoms with Crippen molar-refractivity contribution in [1.82, 2.24) is 96.7 Å². The van der Waals surface area contributed by atoms with Gasteiger partial charge in [-0.3, -0.25) is 52.7 Å². The van der Waals surface area contributed by atoms with E-state index in [-0.39, 0.29) is 65.8 Å². The number of piperazine rings is 3. The van der Waals surface area contributed by atoms with Crippen molar-refractivity contribution < 1.29 is 17.9 Å². The number of aryl methyl sites for hydroxylation is 4. The van der Waals surface area contributed by atoms with Gasteiger partial charge in [0.15, 0.2) is 23.1 Å². The number of methoxy groups -OCH3 is 1. The van der Waals surface area contributed by atoms with E-state index >= 15 is 0 Å². The van der Waals surface area contributed by atoms with Crippen LogP contribution in [0, 0.1) is 51.1 Å². The average molecular weight is 1720 g/mol. The van der Waals surface area contributed by atoms with Crippen LogP contribution in [0.3, 0.4) is 0 Å². The van der Waals surface area contributed by atoms with Gasteiger partial charge in [0.2, 0.25) is 0 Å². The molecule has 0 radical (unpaired) electrons. The maximum atomic E-state index is 14.9. The molecule has 126 heavy (non-hydrogen) atoms. The van der Waals surface area contributed by atoms with E-state index in [0.29, 0.717) is 29.1 Å². The van der Waals surface area contributed by atoms with Gasteiger partial charge >= 0.3 is 0 Å². The molecule has 27 heteroatoms. The quantitative estimate of drug-likeness (QED) is 0.101. The minimum absolute atomic E-state index is 0.0523. The van der Waals surface area contributed by atoms with Crippen molar-refractivity contribution in [2.75, 3.05) is 170 Å². The first kappa shape index (κ1) is 88.2. The minimum Gasteiger partial charge on any atom is -0.375 e. The highest BCUT2D eigenvalue weighted by Crippen LogP contribution is 2.48. The van der Waals surface area contributed by atoms with Crippen LogP contribution >= 0.6 is 0 Å². The van der Waals surface area contributed by atoms with Crippen LogP contribution < -0.4 is 14.7 Å². The molecule has 20 heterocycles. The van der Waals surface area contributed by atoms with Gasteiger partial charge in [0, 0.05) is 147 Å². The molecule has 12 aromatic heterocycles. The zero-order valence-corrected chi connectivity index (χ0v) is 76.3. The number of hydrogen-bond acceptors (Lipinski definition) is 20. The number of piperidine rings is 5. The van der Waals surface area contributed by atoms with E-state index in [2.05, 4.69) is 229 Å². The number of ether oxygens (including phenoxy) is 1. The summed E-state index contributed by atoms with van der Waals surface area (Å²) in [7, 11) is 19.2. The molecule has 20 rings (SSSR count). The molecule has 0 unspecified atom stereocenters. The Morgan fingerprint density at radius 3 is 1.21 bits per heavy atom. The first-order valence-corrected chi connectivity index (χ1v) is 46.2. The summed E-state index contributed by atoms with van der Waals surface area (Å²) >= 11 is 0. The van der Waals surface area contributed by atoms with Gasteiger partial charge in [-0.2, -0.15) is 0 Å². The summed E-state index contributed by atoms with van der Waals surface area (Å²) in [6.45, 7) is 22.0. The van der Waals surface area contributed by atoms with Crippen molar-refractivity contribution in [3.05, 3.63) is 244 Å². The molecular formula is C99H130F3N23O. The molecule has 0 N–H and O–H groups in total. The molecule has 668 valence electrons. The normalized spacial score (nSPS) is 23.8. The van der Waals surface area contributed by atoms with Gasteiger partial charge in [-0.1, -0.05) is 30.3 Å². The van der Waals surface area contributed by atoms with E-state index in [1.165, 1.54) is 45.8 Å². The van der Waals surface area contributed by atoms with Gasteiger partial charge in [-0.25, -0.2) is 33.1 Å². The van der Waals surface area contributed by atoms with Crippen molar-refractivity contribution in [3.8, 4) is 0 Å². The lowest BCUT2D eigenvalue weighted by atomic mass is 9.85. The Kier molecular flexibility index (Phi) is 27.3. The van der Waals surface area contributed by atoms with Crippen molar-refractivity contribution >= 4 is 40.0 Å². The van der Waals surface area contributed by atoms with Gasteiger partial charge in [0.25, 0.3) is 0 Å². The highest BCUT2D eigenvalue weighted by molar-refractivity contribution is 5.57. The Morgan fingerprint density at radius 2 is 0.738 bits per heavy atom. The summed E-state index contributed by atoms with van der Waals surface area (Å²) < 4.78 is 58.7. The number of rotatable bonds is 14. The maximum Gasteiger partial charge on any atom is 0.175 e. The fourth-order valence-electron chi connectivity index (χ4n) is 21.6. The van der Waals surface area contributed by atoms with E-state index in [9.17, 15) is 13.2 Å². The average Bonchev–Trinajstić information content (AvgIpc) is 1.61. The molecule has 8 aliphatic rings. The molecule has 0 saturated carbocycles. The third-order valence-corrected chi connectivity index (χ3v) is 29.0. The Bertz CT molecular complexity index is 5610. The summed E-state index contributed by atoms with van der Waals surface area (Å²) in [6, 6.07) is 34.8. The first-order chi connectivity index (χ1) is 61.1. The van der Waals surface area contributed by atoms with E-state index in [1.807, 2.05) is 71.0 Å². The van der Waals surface area contributed by atoms with Crippen molar-refractivity contribution in [2.45, 2.75) is 172 Å². The van der Waals surface area contributed by atoms with Gasteiger partial charge in [0.1, 0.15) is 40.5 Å². The lowest BCUT2D eigenvalue weighted by molar-refractivity contribution is 0.0178. The predicted octanol–water partition coefficient (Wildman–Crippen LogP) is 16.4. The molecule has 0 amide bonds. The van der Waals surface area contributed by atoms with Crippen LogP contribution in [0.5, 0.6) is 0 Å². The van der Waals surface area contributed by atoms with Crippen LogP contribution in [-0.2, 0) is 4.74 Å². The number of imidazole rings is 4. The molecule has 24 nitrogen and oxygen atoms in total. The summed E-state index contributed by atoms with van der Waals surface area (Å²) in [4.78, 5) is 64.5. The lowest BCUT2D eigenvalue weighted by Gasteiger charge is -2.40. The van der Waals surface area contributed by atoms with Crippen molar-refractivity contribution in [1.29, 1.82) is 0 Å². The Balaban J connectivity index is 0.000000119. The number of nitrogens with zero attached hydrogens (tertiary/aromatic N) is 23. The Hall–Kier alpha value is -9.81. The van der Waals surface area contributed by atoms with Crippen LogP contribution in [0.25, 0.3) is 22.6 Å². The van der Waals surface area contributed by atoms with E-state index in [4.69, 9.17) is 29.7 Å². The van der Waals surface area contributed by atoms with Crippen molar-refractivity contribution in [2.24, 2.45) is 5.92 Å². The highest BCUT2D eigenvalue weighted by Gasteiger charge is 2.41. The zero-order chi connectivity index (χ0) is 87.6. The monoisotopic (exact) mass is 1710 g/mol. The maximum absolute atomic E-state index is 14.9. The molecule has 12 aromatic rings. The summed E-state index contributed by atoms with van der Waals surface area (Å²) in [5.74, 6) is 2.40. The number of likely N-dealkylation sites (N-methyl/N-ethyl adjacent to an activating group) is 3. The second-order valence-electron chi connectivity index (χ2n) is 37.0. The molecule has 0 spiro atoms. The Morgan fingerprint density at radius 1 is 0.341 bits per heavy atom. The molecule has 9 atom stereocenters. The smallest absolute Gasteiger partial charge is 0.175 e. The molecule has 8 aliphatic heterocycles. The van der Waals surface area contributed by atoms with Gasteiger partial charge in [0.05, 0.1) is 99.6 Å². The third kappa shape index (κ3) is 18.5. The van der Waals surface area contributed by atoms with Crippen LogP contribution in [0.1, 0.15) is 218 Å². The number of anilines is 3. The number of fused-ring (bicyclic) bond motifs is 4. The minimum atomic E-state index is -0.264. The topological polar surface area (TPSA) is 166 Å². The molecule has 8 saturated heterocycles. The summed E-state index contributed by atoms with van der Waals surface area (Å²) in [6.07, 6.45) is 31.5. The lowest BCUT2D eigenvalue weighted by Crippen LogP contribution is -2.45. The van der Waals surface area contributed by atoms with E-state index < -0.39 is 0 Å². The molecule has 0 aromatic carbocycles. The predicted molar refractivity (Wildman–Crippen MR) is 494 cm³/mol. The number of hydrogen-bond donors (Lipinski definition) is 0. The number of pyridine rings is 8. The number of aromatic nitrogens is 12. The first-order valence-electron chi connectivity index (χ1n) is 46.2. The fourth-order valence-corrected chi connectivity index (χ4v) is 21.6. The van der Waals surface area contributed by atoms with Crippen LogP contribution in [0.4, 0.5) is 30.6 Å². The fraction of sp³-hybridized carbons (Fsp3) is 0.515. The third-order valence-electron chi connectivity index (χ3n) is 29.0. The molecule has 0 bridgehead atoms. The van der Waals surface area contributed by atoms with Crippen molar-refractivity contribution in [3.63, 3.8) is 0 Å². The number of halogens is 3. The number of likely N-dealkylation sites (tertiary alicyclic amines) is 5. The molecular weight excluding hydrogens is 1580 g/mol. The standard InChI is InChI=1S/C27H37N5O.3C24H31FN6/c1-19-9-8-15-28-24(19)21-10-7-11-22(31(21)3)25-26(32-16-6-5-12-23(32)29-25)27(33-4)20-13-17-30(2)18-14-20;1-17-6-5-11-26-23(17)21-8-4-7-20(29(21)3)19-16-31-22(10-9-18(25)24(31)27-19)30-14-12-28(2)13-15-30;1-17-6-5-11-26-23(17)21-8-4-7-20(29(21)3)19-16-31-22(27-19)10-9-18(25)24(31)30-14-12-28(2)13-15-30;1-17-6-5-9-26-24(17)21-8-4-7-20(29(21)3)19-16-31-22(27-19)14-18(25)15-23(31)30-12-10-28(2)11-13-30/h5-6,8-9,12,15-16,20-22,27H,7,10-11,13-14,17-18H2,1-4H3;2*5-6,9-11,16,20-21H,4,7-8,12-15H2,1-3H3;5-6,9,14-16,20-21H,4,7-8,10-13H2,1-3H3/t21-,22+,27+;3*20-,21+/m0111/s1. The SMILES string of the molecule is CO[C@@H](c1c([C@H]2CCC[C@@H](c3ncccc3C)N2C)nc2ccccn12)C1CCN(C)CC1.Cc1cccnc1[C@@H]1CCC[C@H](c2cn3c(N4CCN(C)CC4)c(F)ccc3n2)N1C.Cc1cccnc1[C@@H]1CCC[C@H](c2cn3c(N4CCN(C)CC4)cc(F)cc3n2)N1C.Cc1cccnc1[C@@H]1CCC[C@H](c2cn3c(N4CCN(C)CC4)ccc(F)c3n2)N1C. The van der Waals surface area contributed by atoms with Crippen LogP contribution in [-0.4, -0.2) is 252 Å². The largest absolute Gasteiger partial charge is 0.375 e. The highest BCUT2D eigenvalue weighted by atomic mass is 19.1. The second kappa shape index (κ2) is 39.0. The van der Waals surface area contributed by atoms with E-state index in [1.54, 1.807) is 30.3 Å². The van der Waals surface area contributed by atoms with Gasteiger partial charge < -0.3 is 43.4 Å². The van der Waals surface area contributed by atoms with Gasteiger partial charge in [-0.05, 0) is 276 Å². The zero-order valence-electron chi connectivity index (χ0n) is 76.3. The summed E-state index contributed by atoms with van der Waals surface area (Å²) in [5, 5.41) is 0. The van der Waals surface area contributed by atoms with E-state index in [0.717, 1.165) is 232 Å². The van der Waals surface area contributed by atoms with Crippen LogP contribution in [0.2, 0.25) is 0 Å². The van der Waals surface area contributed by atoms with Gasteiger partial charge in [-0.15, -0.1) is 0 Å². The molecule has 8 fully saturated rings. The second-order valence-corrected chi connectivity index (χ2v) is 37.0. The molecule has 0 aliphatic carbocycles. The summed E-state index contributed by atoms with van der Waals surface area (Å²) in [5.41, 5.74) is 18.0.